The molecule has 0 unspecified atom stereocenters. The van der Waals surface area contributed by atoms with Gasteiger partial charge in [-0.1, -0.05) is 12.8 Å². The van der Waals surface area contributed by atoms with Crippen LogP contribution in [0.2, 0.25) is 0 Å². The Morgan fingerprint density at radius 3 is 2.36 bits per heavy atom. The highest BCUT2D eigenvalue weighted by Crippen LogP contribution is 2.28. The monoisotopic (exact) mass is 155 g/mol. The molecule has 0 bridgehead atoms. The van der Waals surface area contributed by atoms with Gasteiger partial charge in [0.15, 0.2) is 0 Å². The lowest BCUT2D eigenvalue weighted by Gasteiger charge is -2.42. The lowest BCUT2D eigenvalue weighted by molar-refractivity contribution is 0.0216. The van der Waals surface area contributed by atoms with Gasteiger partial charge >= 0.3 is 0 Å². The second kappa shape index (κ2) is 3.11. The first-order chi connectivity index (χ1) is 5.40. The van der Waals surface area contributed by atoms with E-state index in [0.717, 1.165) is 19.1 Å². The van der Waals surface area contributed by atoms with E-state index in [0.29, 0.717) is 12.5 Å². The number of hydrogen-bond acceptors (Lipinski definition) is 2. The van der Waals surface area contributed by atoms with E-state index in [4.69, 9.17) is 5.11 Å². The first-order valence-electron chi connectivity index (χ1n) is 4.75. The molecule has 1 aliphatic heterocycles. The van der Waals surface area contributed by atoms with Crippen LogP contribution in [0.4, 0.5) is 0 Å². The zero-order chi connectivity index (χ0) is 7.68. The minimum absolute atomic E-state index is 0.392. The Morgan fingerprint density at radius 1 is 1.18 bits per heavy atom. The number of aliphatic hydroxyl groups excluding tert-OH is 1. The van der Waals surface area contributed by atoms with Crippen molar-refractivity contribution in [2.75, 3.05) is 19.7 Å². The highest BCUT2D eigenvalue weighted by molar-refractivity contribution is 4.87. The van der Waals surface area contributed by atoms with Gasteiger partial charge in [0.2, 0.25) is 0 Å². The van der Waals surface area contributed by atoms with Crippen LogP contribution in [0.25, 0.3) is 0 Å². The van der Waals surface area contributed by atoms with Crippen LogP contribution in [0.5, 0.6) is 0 Å². The molecule has 1 saturated carbocycles. The number of likely N-dealkylation sites (tertiary alicyclic amines) is 1. The minimum atomic E-state index is 0.392. The van der Waals surface area contributed by atoms with Gasteiger partial charge in [0.05, 0.1) is 0 Å². The van der Waals surface area contributed by atoms with Crippen molar-refractivity contribution in [3.8, 4) is 0 Å². The Labute approximate surface area is 68.2 Å². The van der Waals surface area contributed by atoms with Crippen molar-refractivity contribution in [3.05, 3.63) is 0 Å². The molecule has 1 N–H and O–H groups in total. The minimum Gasteiger partial charge on any atom is -0.396 e. The molecule has 0 radical (unpaired) electrons. The molecule has 0 amide bonds. The van der Waals surface area contributed by atoms with Crippen molar-refractivity contribution in [2.24, 2.45) is 5.92 Å². The zero-order valence-corrected chi connectivity index (χ0v) is 7.00. The van der Waals surface area contributed by atoms with Crippen LogP contribution in [0.3, 0.4) is 0 Å². The van der Waals surface area contributed by atoms with Crippen LogP contribution >= 0.6 is 0 Å². The molecule has 0 spiro atoms. The molecule has 2 fully saturated rings. The molecule has 64 valence electrons. The molecule has 2 aliphatic rings. The van der Waals surface area contributed by atoms with Gasteiger partial charge in [-0.3, -0.25) is 4.90 Å². The van der Waals surface area contributed by atoms with Crippen molar-refractivity contribution in [1.82, 2.24) is 4.90 Å². The molecular formula is C9H17NO. The van der Waals surface area contributed by atoms with Crippen LogP contribution in [0, 0.1) is 5.92 Å². The highest BCUT2D eigenvalue weighted by Gasteiger charge is 2.32. The van der Waals surface area contributed by atoms with Gasteiger partial charge in [-0.25, -0.2) is 0 Å². The Hall–Kier alpha value is -0.0800. The average molecular weight is 155 g/mol. The lowest BCUT2D eigenvalue weighted by Crippen LogP contribution is -2.52. The molecule has 2 heteroatoms. The van der Waals surface area contributed by atoms with Crippen molar-refractivity contribution >= 4 is 0 Å². The lowest BCUT2D eigenvalue weighted by atomic mass is 9.98. The number of rotatable bonds is 2. The second-order valence-corrected chi connectivity index (χ2v) is 3.94. The highest BCUT2D eigenvalue weighted by atomic mass is 16.3. The molecule has 0 aromatic carbocycles. The second-order valence-electron chi connectivity index (χ2n) is 3.94. The molecule has 0 aromatic rings. The van der Waals surface area contributed by atoms with Crippen LogP contribution in [0.15, 0.2) is 0 Å². The summed E-state index contributed by atoms with van der Waals surface area (Å²) < 4.78 is 0. The van der Waals surface area contributed by atoms with Crippen LogP contribution in [0.1, 0.15) is 25.7 Å². The summed E-state index contributed by atoms with van der Waals surface area (Å²) in [5.74, 6) is 0.593. The van der Waals surface area contributed by atoms with E-state index in [2.05, 4.69) is 4.90 Å². The third-order valence-electron chi connectivity index (χ3n) is 3.08. The van der Waals surface area contributed by atoms with E-state index < -0.39 is 0 Å². The molecule has 11 heavy (non-hydrogen) atoms. The van der Waals surface area contributed by atoms with Gasteiger partial charge in [-0.05, 0) is 12.8 Å². The summed E-state index contributed by atoms with van der Waals surface area (Å²) in [5.41, 5.74) is 0. The van der Waals surface area contributed by atoms with E-state index >= 15 is 0 Å². The van der Waals surface area contributed by atoms with Crippen molar-refractivity contribution in [3.63, 3.8) is 0 Å². The third kappa shape index (κ3) is 1.42. The first-order valence-corrected chi connectivity index (χ1v) is 4.75. The van der Waals surface area contributed by atoms with E-state index in [9.17, 15) is 0 Å². The van der Waals surface area contributed by atoms with Crippen LogP contribution in [-0.2, 0) is 0 Å². The third-order valence-corrected chi connectivity index (χ3v) is 3.08. The van der Waals surface area contributed by atoms with Gasteiger partial charge in [0.25, 0.3) is 0 Å². The summed E-state index contributed by atoms with van der Waals surface area (Å²) in [6, 6.07) is 0.873. The summed E-state index contributed by atoms with van der Waals surface area (Å²) in [6.45, 7) is 2.70. The normalized spacial score (nSPS) is 29.2. The largest absolute Gasteiger partial charge is 0.396 e. The maximum absolute atomic E-state index is 8.82. The predicted molar refractivity (Wildman–Crippen MR) is 44.4 cm³/mol. The summed E-state index contributed by atoms with van der Waals surface area (Å²) in [5, 5.41) is 8.82. The van der Waals surface area contributed by atoms with Crippen LogP contribution in [-0.4, -0.2) is 35.7 Å². The van der Waals surface area contributed by atoms with E-state index in [-0.39, 0.29) is 0 Å². The summed E-state index contributed by atoms with van der Waals surface area (Å²) >= 11 is 0. The van der Waals surface area contributed by atoms with Crippen molar-refractivity contribution in [2.45, 2.75) is 31.7 Å². The standard InChI is InChI=1S/C9H17NO/c11-7-8-5-10(6-8)9-3-1-2-4-9/h8-9,11H,1-7H2. The Balaban J connectivity index is 1.73. The number of nitrogens with zero attached hydrogens (tertiary/aromatic N) is 1. The maximum atomic E-state index is 8.82. The zero-order valence-electron chi connectivity index (χ0n) is 7.00. The molecule has 0 aromatic heterocycles. The fraction of sp³-hybridized carbons (Fsp3) is 1.00. The van der Waals surface area contributed by atoms with Crippen molar-refractivity contribution in [1.29, 1.82) is 0 Å². The van der Waals surface area contributed by atoms with E-state index in [1.807, 2.05) is 0 Å². The van der Waals surface area contributed by atoms with Gasteiger partial charge < -0.3 is 5.11 Å². The Kier molecular flexibility index (Phi) is 2.14. The molecule has 1 saturated heterocycles. The summed E-state index contributed by atoms with van der Waals surface area (Å²) in [7, 11) is 0. The quantitative estimate of drug-likeness (QED) is 0.639. The average Bonchev–Trinajstić information content (AvgIpc) is 2.37. The molecular weight excluding hydrogens is 138 g/mol. The summed E-state index contributed by atoms with van der Waals surface area (Å²) in [6.07, 6.45) is 5.65. The van der Waals surface area contributed by atoms with Gasteiger partial charge in [-0.2, -0.15) is 0 Å². The van der Waals surface area contributed by atoms with Crippen LogP contribution < -0.4 is 0 Å². The van der Waals surface area contributed by atoms with E-state index in [1.165, 1.54) is 25.7 Å². The smallest absolute Gasteiger partial charge is 0.0483 e. The van der Waals surface area contributed by atoms with Gasteiger partial charge in [-0.15, -0.1) is 0 Å². The molecule has 2 rings (SSSR count). The molecule has 2 nitrogen and oxygen atoms in total. The molecule has 1 heterocycles. The molecule has 0 atom stereocenters. The van der Waals surface area contributed by atoms with Crippen molar-refractivity contribution < 1.29 is 5.11 Å². The molecule has 1 aliphatic carbocycles. The maximum Gasteiger partial charge on any atom is 0.0483 e. The van der Waals surface area contributed by atoms with Gasteiger partial charge in [0.1, 0.15) is 0 Å². The number of hydrogen-bond donors (Lipinski definition) is 1. The summed E-state index contributed by atoms with van der Waals surface area (Å²) in [4.78, 5) is 2.54. The Bertz CT molecular complexity index is 126. The topological polar surface area (TPSA) is 23.5 Å². The fourth-order valence-electron chi connectivity index (χ4n) is 2.29. The SMILES string of the molecule is OCC1CN(C2CCCC2)C1. The first kappa shape index (κ1) is 7.56. The fourth-order valence-corrected chi connectivity index (χ4v) is 2.29. The predicted octanol–water partition coefficient (Wildman–Crippen LogP) is 0.853. The van der Waals surface area contributed by atoms with E-state index in [1.54, 1.807) is 0 Å². The van der Waals surface area contributed by atoms with Gasteiger partial charge in [0, 0.05) is 31.7 Å². The Morgan fingerprint density at radius 2 is 1.82 bits per heavy atom. The number of aliphatic hydroxyl groups is 1.